The quantitative estimate of drug-likeness (QED) is 0.638. The number of nitrogens with one attached hydrogen (secondary N) is 1. The minimum absolute atomic E-state index is 0.0336. The Hall–Kier alpha value is -3.32. The summed E-state index contributed by atoms with van der Waals surface area (Å²) in [5.41, 5.74) is 3.90. The van der Waals surface area contributed by atoms with Crippen LogP contribution in [-0.2, 0) is 10.0 Å². The molecule has 1 fully saturated rings. The van der Waals surface area contributed by atoms with Gasteiger partial charge in [-0.05, 0) is 61.9 Å². The molecule has 7 heteroatoms. The van der Waals surface area contributed by atoms with E-state index in [1.165, 1.54) is 5.69 Å². The lowest BCUT2D eigenvalue weighted by molar-refractivity contribution is 0.0746. The second-order valence-electron chi connectivity index (χ2n) is 8.06. The van der Waals surface area contributed by atoms with Crippen LogP contribution in [0.15, 0.2) is 77.7 Å². The van der Waals surface area contributed by atoms with Crippen molar-refractivity contribution < 1.29 is 13.2 Å². The summed E-state index contributed by atoms with van der Waals surface area (Å²) in [5, 5.41) is 0. The van der Waals surface area contributed by atoms with Crippen molar-refractivity contribution in [2.45, 2.75) is 18.7 Å². The van der Waals surface area contributed by atoms with Gasteiger partial charge in [-0.15, -0.1) is 0 Å². The van der Waals surface area contributed by atoms with E-state index in [1.54, 1.807) is 49.4 Å². The van der Waals surface area contributed by atoms with E-state index in [1.807, 2.05) is 30.0 Å². The Morgan fingerprint density at radius 1 is 0.844 bits per heavy atom. The van der Waals surface area contributed by atoms with Gasteiger partial charge in [-0.25, -0.2) is 8.42 Å². The average Bonchev–Trinajstić information content (AvgIpc) is 2.81. The number of sulfonamides is 1. The molecule has 4 rings (SSSR count). The zero-order chi connectivity index (χ0) is 22.7. The number of nitrogens with zero attached hydrogens (tertiary/aromatic N) is 2. The zero-order valence-corrected chi connectivity index (χ0v) is 19.1. The summed E-state index contributed by atoms with van der Waals surface area (Å²) >= 11 is 0. The van der Waals surface area contributed by atoms with Crippen LogP contribution in [0.3, 0.4) is 0 Å². The van der Waals surface area contributed by atoms with Crippen LogP contribution < -0.4 is 9.62 Å². The highest BCUT2D eigenvalue weighted by molar-refractivity contribution is 7.92. The van der Waals surface area contributed by atoms with Gasteiger partial charge in [0.2, 0.25) is 0 Å². The van der Waals surface area contributed by atoms with Gasteiger partial charge >= 0.3 is 0 Å². The van der Waals surface area contributed by atoms with Gasteiger partial charge in [-0.3, -0.25) is 9.52 Å². The first-order valence-electron chi connectivity index (χ1n) is 10.6. The number of hydrogen-bond acceptors (Lipinski definition) is 4. The number of benzene rings is 3. The summed E-state index contributed by atoms with van der Waals surface area (Å²) < 4.78 is 28.0. The first-order valence-corrected chi connectivity index (χ1v) is 12.1. The Kier molecular flexibility index (Phi) is 6.19. The monoisotopic (exact) mass is 449 g/mol. The van der Waals surface area contributed by atoms with Crippen molar-refractivity contribution >= 4 is 27.3 Å². The van der Waals surface area contributed by atoms with E-state index in [0.717, 1.165) is 18.7 Å². The Morgan fingerprint density at radius 2 is 1.50 bits per heavy atom. The molecular formula is C25H27N3O3S. The number of carbonyl (C=O) groups is 1. The molecule has 1 aliphatic heterocycles. The topological polar surface area (TPSA) is 69.7 Å². The normalized spacial score (nSPS) is 14.3. The Balaban J connectivity index is 1.43. The van der Waals surface area contributed by atoms with Gasteiger partial charge in [-0.1, -0.05) is 35.9 Å². The number of carbonyl (C=O) groups excluding carboxylic acids is 1. The lowest BCUT2D eigenvalue weighted by atomic mass is 10.1. The molecule has 1 saturated heterocycles. The van der Waals surface area contributed by atoms with E-state index < -0.39 is 10.0 Å². The molecule has 3 aromatic carbocycles. The van der Waals surface area contributed by atoms with Gasteiger partial charge in [0.1, 0.15) is 0 Å². The molecule has 0 atom stereocenters. The summed E-state index contributed by atoms with van der Waals surface area (Å²) in [5.74, 6) is -0.0336. The maximum absolute atomic E-state index is 13.0. The van der Waals surface area contributed by atoms with Crippen molar-refractivity contribution in [1.29, 1.82) is 0 Å². The molecule has 6 nitrogen and oxygen atoms in total. The fraction of sp³-hybridized carbons (Fsp3) is 0.240. The number of rotatable bonds is 5. The largest absolute Gasteiger partial charge is 0.368 e. The highest BCUT2D eigenvalue weighted by Gasteiger charge is 2.23. The van der Waals surface area contributed by atoms with E-state index in [2.05, 4.69) is 21.8 Å². The predicted molar refractivity (Wildman–Crippen MR) is 128 cm³/mol. The molecule has 0 spiro atoms. The summed E-state index contributed by atoms with van der Waals surface area (Å²) in [7, 11) is -3.69. The molecule has 0 aromatic heterocycles. The maximum Gasteiger partial charge on any atom is 0.261 e. The molecule has 0 saturated carbocycles. The third-order valence-electron chi connectivity index (χ3n) is 5.74. The highest BCUT2D eigenvalue weighted by Crippen LogP contribution is 2.23. The van der Waals surface area contributed by atoms with Crippen molar-refractivity contribution in [3.8, 4) is 0 Å². The van der Waals surface area contributed by atoms with Gasteiger partial charge in [-0.2, -0.15) is 0 Å². The molecule has 3 aromatic rings. The van der Waals surface area contributed by atoms with Crippen LogP contribution in [0.5, 0.6) is 0 Å². The van der Waals surface area contributed by atoms with Crippen molar-refractivity contribution in [3.05, 3.63) is 89.5 Å². The molecule has 32 heavy (non-hydrogen) atoms. The number of aryl methyl sites for hydroxylation is 2. The lowest BCUT2D eigenvalue weighted by Gasteiger charge is -2.36. The first kappa shape index (κ1) is 21.9. The third-order valence-corrected chi connectivity index (χ3v) is 7.12. The van der Waals surface area contributed by atoms with Gasteiger partial charge in [0.15, 0.2) is 0 Å². The third kappa shape index (κ3) is 4.78. The van der Waals surface area contributed by atoms with Crippen molar-refractivity contribution in [1.82, 2.24) is 4.90 Å². The van der Waals surface area contributed by atoms with Crippen molar-refractivity contribution in [2.75, 3.05) is 35.8 Å². The van der Waals surface area contributed by atoms with Crippen LogP contribution in [-0.4, -0.2) is 45.4 Å². The second-order valence-corrected chi connectivity index (χ2v) is 9.75. The number of hydrogen-bond donors (Lipinski definition) is 1. The summed E-state index contributed by atoms with van der Waals surface area (Å²) in [4.78, 5) is 17.3. The molecule has 1 heterocycles. The SMILES string of the molecule is Cc1ccc(S(=O)(=O)Nc2ccc(C(=O)N3CCN(c4ccccc4)CC3)cc2C)cc1. The Bertz CT molecular complexity index is 1200. The minimum Gasteiger partial charge on any atom is -0.368 e. The molecule has 1 amide bonds. The van der Waals surface area contributed by atoms with Gasteiger partial charge in [0.25, 0.3) is 15.9 Å². The molecule has 0 aliphatic carbocycles. The maximum atomic E-state index is 13.0. The summed E-state index contributed by atoms with van der Waals surface area (Å²) in [6, 6.07) is 22.0. The van der Waals surface area contributed by atoms with Crippen LogP contribution in [0.25, 0.3) is 0 Å². The minimum atomic E-state index is -3.69. The number of anilines is 2. The molecule has 0 bridgehead atoms. The van der Waals surface area contributed by atoms with Gasteiger partial charge in [0, 0.05) is 37.4 Å². The highest BCUT2D eigenvalue weighted by atomic mass is 32.2. The number of para-hydroxylation sites is 1. The van der Waals surface area contributed by atoms with E-state index >= 15 is 0 Å². The van der Waals surface area contributed by atoms with E-state index in [0.29, 0.717) is 29.9 Å². The van der Waals surface area contributed by atoms with Crippen LogP contribution in [0.1, 0.15) is 21.5 Å². The van der Waals surface area contributed by atoms with Crippen LogP contribution in [0, 0.1) is 13.8 Å². The van der Waals surface area contributed by atoms with Gasteiger partial charge < -0.3 is 9.80 Å². The average molecular weight is 450 g/mol. The van der Waals surface area contributed by atoms with Crippen LogP contribution in [0.2, 0.25) is 0 Å². The van der Waals surface area contributed by atoms with Crippen LogP contribution in [0.4, 0.5) is 11.4 Å². The van der Waals surface area contributed by atoms with E-state index in [4.69, 9.17) is 0 Å². The summed E-state index contributed by atoms with van der Waals surface area (Å²) in [6.45, 7) is 6.57. The molecule has 1 aliphatic rings. The predicted octanol–water partition coefficient (Wildman–Crippen LogP) is 4.07. The van der Waals surface area contributed by atoms with Crippen molar-refractivity contribution in [3.63, 3.8) is 0 Å². The van der Waals surface area contributed by atoms with E-state index in [9.17, 15) is 13.2 Å². The second kappa shape index (κ2) is 9.04. The molecular weight excluding hydrogens is 422 g/mol. The first-order chi connectivity index (χ1) is 15.3. The zero-order valence-electron chi connectivity index (χ0n) is 18.3. The fourth-order valence-corrected chi connectivity index (χ4v) is 4.95. The lowest BCUT2D eigenvalue weighted by Crippen LogP contribution is -2.48. The standard InChI is InChI=1S/C25H27N3O3S/c1-19-8-11-23(12-9-19)32(30,31)26-24-13-10-21(18-20(24)2)25(29)28-16-14-27(15-17-28)22-6-4-3-5-7-22/h3-13,18,26H,14-17H2,1-2H3. The Morgan fingerprint density at radius 3 is 2.12 bits per heavy atom. The molecule has 0 unspecified atom stereocenters. The molecule has 166 valence electrons. The molecule has 0 radical (unpaired) electrons. The van der Waals surface area contributed by atoms with E-state index in [-0.39, 0.29) is 10.8 Å². The fourth-order valence-electron chi connectivity index (χ4n) is 3.82. The Labute approximate surface area is 189 Å². The summed E-state index contributed by atoms with van der Waals surface area (Å²) in [6.07, 6.45) is 0. The van der Waals surface area contributed by atoms with Crippen LogP contribution >= 0.6 is 0 Å². The number of amides is 1. The van der Waals surface area contributed by atoms with Gasteiger partial charge in [0.05, 0.1) is 10.6 Å². The number of piperazine rings is 1. The smallest absolute Gasteiger partial charge is 0.261 e. The molecule has 1 N–H and O–H groups in total. The van der Waals surface area contributed by atoms with Crippen molar-refractivity contribution in [2.24, 2.45) is 0 Å².